The minimum atomic E-state index is -4.50. The third-order valence-electron chi connectivity index (χ3n) is 7.09. The summed E-state index contributed by atoms with van der Waals surface area (Å²) in [6.45, 7) is 10.5. The zero-order valence-corrected chi connectivity index (χ0v) is 20.6. The number of likely N-dealkylation sites (tertiary alicyclic amines) is 1. The van der Waals surface area contributed by atoms with E-state index in [1.54, 1.807) is 6.92 Å². The van der Waals surface area contributed by atoms with Crippen molar-refractivity contribution in [1.29, 1.82) is 0 Å². The van der Waals surface area contributed by atoms with Crippen LogP contribution in [-0.4, -0.2) is 70.1 Å². The van der Waals surface area contributed by atoms with Gasteiger partial charge in [0.25, 0.3) is 0 Å². The van der Waals surface area contributed by atoms with Gasteiger partial charge in [-0.1, -0.05) is 20.4 Å². The van der Waals surface area contributed by atoms with Gasteiger partial charge >= 0.3 is 6.18 Å². The third-order valence-corrected chi connectivity index (χ3v) is 7.09. The van der Waals surface area contributed by atoms with Crippen LogP contribution in [0, 0.1) is 18.8 Å². The Labute approximate surface area is 204 Å². The Morgan fingerprint density at radius 3 is 2.54 bits per heavy atom. The van der Waals surface area contributed by atoms with Crippen LogP contribution < -0.4 is 10.6 Å². The van der Waals surface area contributed by atoms with Crippen molar-refractivity contribution >= 4 is 17.7 Å². The van der Waals surface area contributed by atoms with E-state index in [4.69, 9.17) is 0 Å². The van der Waals surface area contributed by atoms with Crippen molar-refractivity contribution in [1.82, 2.24) is 20.4 Å². The highest BCUT2D eigenvalue weighted by Gasteiger charge is 2.36. The van der Waals surface area contributed by atoms with E-state index in [1.165, 1.54) is 12.3 Å². The molecule has 1 unspecified atom stereocenters. The third kappa shape index (κ3) is 7.27. The van der Waals surface area contributed by atoms with Gasteiger partial charge in [-0.05, 0) is 56.6 Å². The zero-order valence-electron chi connectivity index (χ0n) is 20.6. The van der Waals surface area contributed by atoms with Crippen LogP contribution in [0.4, 0.5) is 18.9 Å². The molecule has 2 aliphatic rings. The first-order valence-corrected chi connectivity index (χ1v) is 12.2. The number of nitrogens with one attached hydrogen (secondary N) is 2. The number of carbonyl (C=O) groups excluding carboxylic acids is 1. The summed E-state index contributed by atoms with van der Waals surface area (Å²) in [4.78, 5) is 14.8. The Morgan fingerprint density at radius 2 is 1.94 bits per heavy atom. The van der Waals surface area contributed by atoms with Gasteiger partial charge in [-0.2, -0.15) is 23.4 Å². The molecular formula is C25H36F3N5O2. The molecule has 2 fully saturated rings. The highest BCUT2D eigenvalue weighted by atomic mass is 19.4. The molecule has 10 heteroatoms. The summed E-state index contributed by atoms with van der Waals surface area (Å²) in [5.74, 6) is 0.523. The quantitative estimate of drug-likeness (QED) is 0.453. The van der Waals surface area contributed by atoms with Gasteiger partial charge < -0.3 is 15.7 Å². The van der Waals surface area contributed by atoms with Crippen LogP contribution in [0.15, 0.2) is 24.4 Å². The molecule has 1 aromatic rings. The van der Waals surface area contributed by atoms with Crippen LogP contribution in [-0.2, 0) is 4.79 Å². The first-order valence-electron chi connectivity index (χ1n) is 12.2. The standard InChI is InChI=1S/C25H36F3N5O2/c1-15(2)24(35)18-6-8-20(9-7-18)33-13-19(14-33)31-23(34)12-29-22-11-30-32-21(17(22)4)10-5-16(3)25(26,27)28/h5,10-11,15,18-20,24,35H,3,6-9,12-14H2,1-2,4H3,(H,29,32)(H,31,34). The second kappa shape index (κ2) is 11.5. The van der Waals surface area contributed by atoms with Crippen LogP contribution in [0.2, 0.25) is 0 Å². The van der Waals surface area contributed by atoms with Crippen LogP contribution >= 0.6 is 0 Å². The second-order valence-corrected chi connectivity index (χ2v) is 10.00. The molecule has 7 nitrogen and oxygen atoms in total. The van der Waals surface area contributed by atoms with Crippen molar-refractivity contribution < 1.29 is 23.1 Å². The number of hydrogen-bond acceptors (Lipinski definition) is 6. The van der Waals surface area contributed by atoms with Crippen molar-refractivity contribution in [2.45, 2.75) is 70.8 Å². The number of halogens is 3. The first-order chi connectivity index (χ1) is 16.5. The molecule has 35 heavy (non-hydrogen) atoms. The number of aliphatic hydroxyl groups excluding tert-OH is 1. The molecule has 1 amide bonds. The predicted molar refractivity (Wildman–Crippen MR) is 130 cm³/mol. The topological polar surface area (TPSA) is 90.4 Å². The maximum Gasteiger partial charge on any atom is 0.415 e. The van der Waals surface area contributed by atoms with E-state index in [-0.39, 0.29) is 36.2 Å². The fourth-order valence-electron chi connectivity index (χ4n) is 4.78. The Bertz CT molecular complexity index is 920. The molecule has 1 saturated carbocycles. The molecule has 194 valence electrons. The van der Waals surface area contributed by atoms with E-state index >= 15 is 0 Å². The van der Waals surface area contributed by atoms with E-state index in [9.17, 15) is 23.1 Å². The number of allylic oxidation sites excluding steroid dienone is 2. The smallest absolute Gasteiger partial charge is 0.393 e. The lowest BCUT2D eigenvalue weighted by atomic mass is 9.78. The molecule has 2 heterocycles. The van der Waals surface area contributed by atoms with E-state index in [0.717, 1.165) is 44.8 Å². The van der Waals surface area contributed by atoms with Crippen molar-refractivity contribution in [2.75, 3.05) is 25.0 Å². The molecule has 0 radical (unpaired) electrons. The van der Waals surface area contributed by atoms with Crippen LogP contribution in [0.3, 0.4) is 0 Å². The van der Waals surface area contributed by atoms with Gasteiger partial charge in [0.2, 0.25) is 5.91 Å². The number of aromatic nitrogens is 2. The van der Waals surface area contributed by atoms with Crippen molar-refractivity contribution in [3.63, 3.8) is 0 Å². The molecular weight excluding hydrogens is 459 g/mol. The fourth-order valence-corrected chi connectivity index (χ4v) is 4.78. The maximum absolute atomic E-state index is 12.6. The summed E-state index contributed by atoms with van der Waals surface area (Å²) < 4.78 is 37.9. The van der Waals surface area contributed by atoms with Crippen LogP contribution in [0.25, 0.3) is 6.08 Å². The van der Waals surface area contributed by atoms with Gasteiger partial charge in [-0.15, -0.1) is 0 Å². The van der Waals surface area contributed by atoms with Gasteiger partial charge in [0, 0.05) is 30.3 Å². The molecule has 1 atom stereocenters. The van der Waals surface area contributed by atoms with Crippen LogP contribution in [0.1, 0.15) is 50.8 Å². The number of nitrogens with zero attached hydrogens (tertiary/aromatic N) is 3. The molecule has 1 aliphatic carbocycles. The van der Waals surface area contributed by atoms with Gasteiger partial charge in [0.15, 0.2) is 0 Å². The average molecular weight is 496 g/mol. The van der Waals surface area contributed by atoms with E-state index < -0.39 is 11.7 Å². The van der Waals surface area contributed by atoms with Crippen molar-refractivity contribution in [3.05, 3.63) is 35.7 Å². The monoisotopic (exact) mass is 495 g/mol. The van der Waals surface area contributed by atoms with Crippen molar-refractivity contribution in [3.8, 4) is 0 Å². The molecule has 3 N–H and O–H groups in total. The lowest BCUT2D eigenvalue weighted by Crippen LogP contribution is -2.63. The molecule has 0 spiro atoms. The van der Waals surface area contributed by atoms with E-state index in [0.29, 0.717) is 23.2 Å². The highest BCUT2D eigenvalue weighted by Crippen LogP contribution is 2.33. The van der Waals surface area contributed by atoms with E-state index in [2.05, 4.69) is 46.2 Å². The fraction of sp³-hybridized carbons (Fsp3) is 0.640. The van der Waals surface area contributed by atoms with Gasteiger partial charge in [0.05, 0.1) is 36.3 Å². The molecule has 3 rings (SSSR count). The number of alkyl halides is 3. The number of rotatable bonds is 9. The Balaban J connectivity index is 1.40. The lowest BCUT2D eigenvalue weighted by Gasteiger charge is -2.47. The first kappa shape index (κ1) is 27.1. The number of amides is 1. The molecule has 1 aliphatic heterocycles. The second-order valence-electron chi connectivity index (χ2n) is 10.00. The number of anilines is 1. The Morgan fingerprint density at radius 1 is 1.29 bits per heavy atom. The SMILES string of the molecule is C=C(C=Cc1nncc(NCC(=O)NC2CN(C3CCC(C(O)C(C)C)CC3)C2)c1C)C(F)(F)F. The number of carbonyl (C=O) groups is 1. The largest absolute Gasteiger partial charge is 0.415 e. The average Bonchev–Trinajstić information content (AvgIpc) is 2.78. The number of hydrogen-bond donors (Lipinski definition) is 3. The summed E-state index contributed by atoms with van der Waals surface area (Å²) in [6, 6.07) is 0.620. The molecule has 1 saturated heterocycles. The lowest BCUT2D eigenvalue weighted by molar-refractivity contribution is -0.121. The molecule has 0 bridgehead atoms. The minimum absolute atomic E-state index is 0.0274. The Kier molecular flexibility index (Phi) is 8.93. The van der Waals surface area contributed by atoms with Gasteiger partial charge in [0.1, 0.15) is 0 Å². The van der Waals surface area contributed by atoms with E-state index in [1.807, 2.05) is 0 Å². The normalized spacial score (nSPS) is 22.7. The summed E-state index contributed by atoms with van der Waals surface area (Å²) >= 11 is 0. The predicted octanol–water partition coefficient (Wildman–Crippen LogP) is 3.70. The van der Waals surface area contributed by atoms with Crippen LogP contribution in [0.5, 0.6) is 0 Å². The summed E-state index contributed by atoms with van der Waals surface area (Å²) in [5.41, 5.74) is 0.410. The molecule has 1 aromatic heterocycles. The van der Waals surface area contributed by atoms with Crippen molar-refractivity contribution in [2.24, 2.45) is 11.8 Å². The minimum Gasteiger partial charge on any atom is -0.393 e. The summed E-state index contributed by atoms with van der Waals surface area (Å²) in [7, 11) is 0. The zero-order chi connectivity index (χ0) is 25.8. The summed E-state index contributed by atoms with van der Waals surface area (Å²) in [6.07, 6.45) is 3.03. The maximum atomic E-state index is 12.6. The van der Waals surface area contributed by atoms with Gasteiger partial charge in [-0.25, -0.2) is 0 Å². The highest BCUT2D eigenvalue weighted by molar-refractivity contribution is 5.81. The molecule has 0 aromatic carbocycles. The Hall–Kier alpha value is -2.46. The summed E-state index contributed by atoms with van der Waals surface area (Å²) in [5, 5.41) is 24.0. The van der Waals surface area contributed by atoms with Gasteiger partial charge in [-0.3, -0.25) is 9.69 Å². The number of aliphatic hydroxyl groups is 1.